The van der Waals surface area contributed by atoms with Gasteiger partial charge in [0.15, 0.2) is 58.0 Å². The molecule has 0 aliphatic heterocycles. The first-order valence-electron chi connectivity index (χ1n) is 45.9. The van der Waals surface area contributed by atoms with Crippen LogP contribution in [0.5, 0.6) is 0 Å². The second-order valence-electron chi connectivity index (χ2n) is 35.4. The minimum Gasteiger partial charge on any atom is -0.455 e. The van der Waals surface area contributed by atoms with Crippen LogP contribution in [0.25, 0.3) is 224 Å². The van der Waals surface area contributed by atoms with Crippen molar-refractivity contribution >= 4 is 65.8 Å². The molecule has 0 N–H and O–H groups in total. The maximum Gasteiger partial charge on any atom is 0.182 e. The van der Waals surface area contributed by atoms with Gasteiger partial charge in [-0.05, 0) is 149 Å². The summed E-state index contributed by atoms with van der Waals surface area (Å²) in [5.41, 5.74) is 31.4. The van der Waals surface area contributed by atoms with Gasteiger partial charge >= 0.3 is 0 Å². The minimum atomic E-state index is -0.313. The Labute approximate surface area is 778 Å². The third kappa shape index (κ3) is 13.5. The van der Waals surface area contributed by atoms with Crippen LogP contribution in [-0.4, -0.2) is 64.8 Å². The maximum atomic E-state index is 6.71. The third-order valence-corrected chi connectivity index (χ3v) is 27.6. The first-order chi connectivity index (χ1) is 66.4. The van der Waals surface area contributed by atoms with Gasteiger partial charge in [0, 0.05) is 135 Å². The first-order valence-corrected chi connectivity index (χ1v) is 45.9. The molecule has 0 radical (unpaired) electrons. The summed E-state index contributed by atoms with van der Waals surface area (Å²) in [6.07, 6.45) is 12.2. The number of benzene rings is 13. The van der Waals surface area contributed by atoms with Crippen molar-refractivity contribution in [2.24, 2.45) is 0 Å². The Bertz CT molecular complexity index is 8430. The molecule has 0 bridgehead atoms. The van der Waals surface area contributed by atoms with Crippen molar-refractivity contribution in [1.29, 1.82) is 0 Å². The van der Waals surface area contributed by atoms with Gasteiger partial charge in [-0.2, -0.15) is 0 Å². The third-order valence-electron chi connectivity index (χ3n) is 27.6. The standard InChI is InChI=1S/C43H32N4O.C42H30N4O.C34H23N5O/c1-3-43(4-2)34-21-12-11-20-31(34)37-35(43)25-33(39-38(37)32-22-23-44-26-36(32)48-39)29-18-13-19-30(24-29)42-46-40(27-14-7-5-8-15-27)45-41(47-42)28-16-9-6-10-17-28;1-3-42(2)33-25-32(37-36(30-17-10-11-19-34(30)47-37)35(33)31-18-12-24-43-38(31)42)26-20-22-29(23-21-26)41-45-39(27-13-6-4-7-14-27)44-40(46-41)28-15-8-5-9-16-28;1-34(2)24-19-23(29-28(21-13-6-7-16-26(21)40-29)27(24)22-14-10-18-36-30(22)34)32-37-31(20-11-4-3-5-12-20)38-33(39-32)25-15-8-9-17-35-25/h5-26H,3-4H2,1-2H3;4-25H,3H2,1-2H3;3-19H,1-2H3. The predicted octanol–water partition coefficient (Wildman–Crippen LogP) is 29.3. The number of aromatic nitrogens is 13. The monoisotopic (exact) mass is 1740 g/mol. The second kappa shape index (κ2) is 32.8. The molecular formula is C119H85N13O3. The van der Waals surface area contributed by atoms with Crippen LogP contribution < -0.4 is 0 Å². The smallest absolute Gasteiger partial charge is 0.182 e. The average molecular weight is 1750 g/mol. The van der Waals surface area contributed by atoms with E-state index in [1.54, 1.807) is 6.20 Å². The van der Waals surface area contributed by atoms with Crippen molar-refractivity contribution in [3.05, 3.63) is 404 Å². The highest BCUT2D eigenvalue weighted by molar-refractivity contribution is 6.21. The van der Waals surface area contributed by atoms with Crippen molar-refractivity contribution in [3.63, 3.8) is 0 Å². The van der Waals surface area contributed by atoms with Gasteiger partial charge in [-0.15, -0.1) is 0 Å². The van der Waals surface area contributed by atoms with E-state index in [2.05, 4.69) is 191 Å². The van der Waals surface area contributed by atoms with E-state index in [1.807, 2.05) is 225 Å². The molecule has 0 amide bonds. The Morgan fingerprint density at radius 3 is 1.17 bits per heavy atom. The molecule has 1 atom stereocenters. The summed E-state index contributed by atoms with van der Waals surface area (Å²) < 4.78 is 20.0. The van der Waals surface area contributed by atoms with Gasteiger partial charge in [0.05, 0.1) is 23.1 Å². The maximum absolute atomic E-state index is 6.71. The number of furan rings is 3. The van der Waals surface area contributed by atoms with Crippen LogP contribution in [0.4, 0.5) is 0 Å². The molecule has 644 valence electrons. The van der Waals surface area contributed by atoms with Crippen LogP contribution in [0.2, 0.25) is 0 Å². The van der Waals surface area contributed by atoms with Crippen LogP contribution in [0.3, 0.4) is 0 Å². The number of fused-ring (bicyclic) bond motifs is 21. The lowest BCUT2D eigenvalue weighted by molar-refractivity contribution is 0.490. The Balaban J connectivity index is 0.000000111. The van der Waals surface area contributed by atoms with E-state index >= 15 is 0 Å². The van der Waals surface area contributed by atoms with Crippen LogP contribution in [0.15, 0.2) is 384 Å². The molecule has 0 fully saturated rings. The Morgan fingerprint density at radius 2 is 0.630 bits per heavy atom. The second-order valence-corrected chi connectivity index (χ2v) is 35.4. The molecule has 3 aliphatic carbocycles. The quantitative estimate of drug-likeness (QED) is 0.0992. The molecule has 10 heterocycles. The van der Waals surface area contributed by atoms with Gasteiger partial charge in [0.1, 0.15) is 33.6 Å². The van der Waals surface area contributed by atoms with Crippen LogP contribution in [-0.2, 0) is 16.2 Å². The van der Waals surface area contributed by atoms with Gasteiger partial charge in [0.25, 0.3) is 0 Å². The van der Waals surface area contributed by atoms with Gasteiger partial charge in [-0.1, -0.05) is 308 Å². The molecule has 16 heteroatoms. The summed E-state index contributed by atoms with van der Waals surface area (Å²) >= 11 is 0. The van der Waals surface area contributed by atoms with Crippen LogP contribution in [0, 0.1) is 0 Å². The molecule has 0 spiro atoms. The fourth-order valence-electron chi connectivity index (χ4n) is 20.7. The summed E-state index contributed by atoms with van der Waals surface area (Å²) in [7, 11) is 0. The molecule has 16 nitrogen and oxygen atoms in total. The fraction of sp³-hybridized carbons (Fsp3) is 0.101. The highest BCUT2D eigenvalue weighted by Crippen LogP contribution is 2.60. The molecule has 0 saturated carbocycles. The van der Waals surface area contributed by atoms with E-state index in [9.17, 15) is 0 Å². The lowest BCUT2D eigenvalue weighted by Gasteiger charge is -2.30. The summed E-state index contributed by atoms with van der Waals surface area (Å²) in [6.45, 7) is 13.7. The topological polar surface area (TPSA) is 207 Å². The molecule has 0 saturated heterocycles. The van der Waals surface area contributed by atoms with E-state index in [0.29, 0.717) is 58.1 Å². The number of para-hydroxylation sites is 2. The SMILES string of the molecule is CC1(C)c2cc(-c3nc(-c4ccccc4)nc(-c4ccccn4)n3)c3oc4ccccc4c3c2-c2cccnc21.CCC1(C)c2cc(-c3ccc(-c4nc(-c5ccccc5)nc(-c5ccccc5)n4)cc3)c3oc4ccccc4c3c2-c2cccnc21.CCC1(CC)c2ccccc2-c2c1cc(-c1cccc(-c3nc(-c4ccccc4)nc(-c4ccccc4)n3)c1)c1oc3cnccc3c21. The zero-order valence-corrected chi connectivity index (χ0v) is 74.9. The molecule has 3 aliphatic rings. The fourth-order valence-corrected chi connectivity index (χ4v) is 20.7. The molecule has 13 aromatic carbocycles. The van der Waals surface area contributed by atoms with Crippen molar-refractivity contribution in [2.45, 2.75) is 77.0 Å². The van der Waals surface area contributed by atoms with Crippen LogP contribution >= 0.6 is 0 Å². The zero-order valence-electron chi connectivity index (χ0n) is 74.9. The number of rotatable bonds is 14. The van der Waals surface area contributed by atoms with Gasteiger partial charge < -0.3 is 13.3 Å². The molecule has 23 aromatic rings. The first kappa shape index (κ1) is 81.1. The van der Waals surface area contributed by atoms with Crippen molar-refractivity contribution in [3.8, 4) is 158 Å². The summed E-state index contributed by atoms with van der Waals surface area (Å²) in [5.74, 6) is 5.47. The zero-order chi connectivity index (χ0) is 90.6. The van der Waals surface area contributed by atoms with Gasteiger partial charge in [-0.3, -0.25) is 19.9 Å². The minimum absolute atomic E-state index is 0.0908. The van der Waals surface area contributed by atoms with Gasteiger partial charge in [-0.25, -0.2) is 44.9 Å². The Morgan fingerprint density at radius 1 is 0.244 bits per heavy atom. The molecule has 135 heavy (non-hydrogen) atoms. The van der Waals surface area contributed by atoms with Crippen molar-refractivity contribution in [2.75, 3.05) is 0 Å². The summed E-state index contributed by atoms with van der Waals surface area (Å²) in [6, 6.07) is 116. The number of hydrogen-bond donors (Lipinski definition) is 0. The number of hydrogen-bond acceptors (Lipinski definition) is 16. The van der Waals surface area contributed by atoms with E-state index < -0.39 is 0 Å². The Kier molecular flexibility index (Phi) is 19.7. The van der Waals surface area contributed by atoms with E-state index in [0.717, 1.165) is 169 Å². The summed E-state index contributed by atoms with van der Waals surface area (Å²) in [4.78, 5) is 63.2. The van der Waals surface area contributed by atoms with E-state index in [1.165, 1.54) is 50.1 Å². The average Bonchev–Trinajstić information content (AvgIpc) is 1.55. The van der Waals surface area contributed by atoms with Crippen molar-refractivity contribution in [1.82, 2.24) is 64.8 Å². The number of nitrogens with zero attached hydrogens (tertiary/aromatic N) is 13. The molecular weight excluding hydrogens is 1660 g/mol. The Hall–Kier alpha value is -17.1. The number of pyridine rings is 4. The van der Waals surface area contributed by atoms with Gasteiger partial charge in [0.2, 0.25) is 0 Å². The van der Waals surface area contributed by atoms with E-state index in [-0.39, 0.29) is 16.2 Å². The molecule has 1 unspecified atom stereocenters. The largest absolute Gasteiger partial charge is 0.455 e. The van der Waals surface area contributed by atoms with Crippen LogP contribution in [0.1, 0.15) is 94.4 Å². The molecule has 10 aromatic heterocycles. The lowest BCUT2D eigenvalue weighted by atomic mass is 9.73. The lowest BCUT2D eigenvalue weighted by Crippen LogP contribution is -2.23. The van der Waals surface area contributed by atoms with E-state index in [4.69, 9.17) is 68.1 Å². The molecule has 26 rings (SSSR count). The predicted molar refractivity (Wildman–Crippen MR) is 539 cm³/mol. The van der Waals surface area contributed by atoms with Crippen molar-refractivity contribution < 1.29 is 13.3 Å². The summed E-state index contributed by atoms with van der Waals surface area (Å²) in [5, 5.41) is 6.64. The highest BCUT2D eigenvalue weighted by atomic mass is 16.3. The highest BCUT2D eigenvalue weighted by Gasteiger charge is 2.45. The normalized spacial score (nSPS) is 13.9.